The van der Waals surface area contributed by atoms with Crippen molar-refractivity contribution >= 4 is 40.5 Å². The summed E-state index contributed by atoms with van der Waals surface area (Å²) in [4.78, 5) is 40.9. The van der Waals surface area contributed by atoms with Crippen LogP contribution in [0.3, 0.4) is 0 Å². The van der Waals surface area contributed by atoms with Crippen LogP contribution in [0.1, 0.15) is 40.3 Å². The lowest BCUT2D eigenvalue weighted by Crippen LogP contribution is -2.42. The van der Waals surface area contributed by atoms with E-state index in [-0.39, 0.29) is 28.8 Å². The van der Waals surface area contributed by atoms with Crippen molar-refractivity contribution in [2.45, 2.75) is 19.4 Å². The van der Waals surface area contributed by atoms with Crippen LogP contribution in [0.2, 0.25) is 0 Å². The molecule has 0 fully saturated rings. The van der Waals surface area contributed by atoms with Crippen LogP contribution in [-0.4, -0.2) is 33.1 Å². The Morgan fingerprint density at radius 3 is 2.45 bits per heavy atom. The molecule has 2 aromatic carbocycles. The molecule has 0 radical (unpaired) electrons. The molecular formula is C27H24N6O5. The van der Waals surface area contributed by atoms with Crippen molar-refractivity contribution in [2.75, 3.05) is 10.6 Å². The second kappa shape index (κ2) is 9.97. The number of furan rings is 1. The summed E-state index contributed by atoms with van der Waals surface area (Å²) < 4.78 is 11.0. The number of carbonyl (C=O) groups is 3. The number of hydrogen-bond acceptors (Lipinski definition) is 6. The Labute approximate surface area is 216 Å². The van der Waals surface area contributed by atoms with Gasteiger partial charge in [0.2, 0.25) is 5.58 Å². The third-order valence-corrected chi connectivity index (χ3v) is 5.81. The summed E-state index contributed by atoms with van der Waals surface area (Å²) in [6, 6.07) is 20.8. The van der Waals surface area contributed by atoms with Gasteiger partial charge < -0.3 is 30.1 Å². The SMILES string of the molecule is CC(C)(NC(=O)Oc1cc2[nH]nc(NC(=O)c3ccccc3NC(=O)c3ccc[nH]3)c2o1)c1ccccc1. The Kier molecular flexibility index (Phi) is 6.40. The van der Waals surface area contributed by atoms with E-state index in [1.807, 2.05) is 44.2 Å². The third-order valence-electron chi connectivity index (χ3n) is 5.81. The zero-order valence-electron chi connectivity index (χ0n) is 20.5. The van der Waals surface area contributed by atoms with Crippen LogP contribution in [-0.2, 0) is 5.54 Å². The van der Waals surface area contributed by atoms with E-state index in [0.717, 1.165) is 5.56 Å². The van der Waals surface area contributed by atoms with Gasteiger partial charge in [-0.05, 0) is 43.7 Å². The molecule has 0 unspecified atom stereocenters. The van der Waals surface area contributed by atoms with Crippen LogP contribution in [0.4, 0.5) is 16.3 Å². The monoisotopic (exact) mass is 512 g/mol. The van der Waals surface area contributed by atoms with E-state index in [0.29, 0.717) is 16.9 Å². The lowest BCUT2D eigenvalue weighted by molar-refractivity contribution is 0.102. The first-order chi connectivity index (χ1) is 18.3. The Balaban J connectivity index is 1.28. The fourth-order valence-corrected chi connectivity index (χ4v) is 3.85. The number of hydrogen-bond donors (Lipinski definition) is 5. The molecule has 38 heavy (non-hydrogen) atoms. The van der Waals surface area contributed by atoms with Crippen molar-refractivity contribution in [2.24, 2.45) is 0 Å². The number of aromatic nitrogens is 3. The molecule has 0 bridgehead atoms. The number of rotatable bonds is 7. The van der Waals surface area contributed by atoms with Gasteiger partial charge in [-0.3, -0.25) is 14.7 Å². The second-order valence-corrected chi connectivity index (χ2v) is 8.92. The van der Waals surface area contributed by atoms with Crippen LogP contribution in [0.25, 0.3) is 11.1 Å². The first-order valence-electron chi connectivity index (χ1n) is 11.7. The number of nitrogens with one attached hydrogen (secondary N) is 5. The average molecular weight is 513 g/mol. The van der Waals surface area contributed by atoms with Gasteiger partial charge in [0.25, 0.3) is 17.8 Å². The molecule has 3 heterocycles. The topological polar surface area (TPSA) is 154 Å². The highest BCUT2D eigenvalue weighted by Gasteiger charge is 2.25. The predicted octanol–water partition coefficient (Wildman–Crippen LogP) is 5.01. The quantitative estimate of drug-likeness (QED) is 0.206. The predicted molar refractivity (Wildman–Crippen MR) is 140 cm³/mol. The number of benzene rings is 2. The molecule has 0 atom stereocenters. The van der Waals surface area contributed by atoms with Gasteiger partial charge in [-0.15, -0.1) is 0 Å². The Morgan fingerprint density at radius 1 is 0.921 bits per heavy atom. The van der Waals surface area contributed by atoms with Crippen molar-refractivity contribution in [3.8, 4) is 5.95 Å². The highest BCUT2D eigenvalue weighted by Crippen LogP contribution is 2.30. The largest absolute Gasteiger partial charge is 0.419 e. The van der Waals surface area contributed by atoms with Crippen molar-refractivity contribution < 1.29 is 23.5 Å². The van der Waals surface area contributed by atoms with E-state index in [1.165, 1.54) is 6.07 Å². The summed E-state index contributed by atoms with van der Waals surface area (Å²) in [5.41, 5.74) is 1.72. The lowest BCUT2D eigenvalue weighted by atomic mass is 9.95. The van der Waals surface area contributed by atoms with Gasteiger partial charge in [-0.2, -0.15) is 5.10 Å². The molecule has 5 rings (SSSR count). The number of ether oxygens (including phenoxy) is 1. The smallest absolute Gasteiger partial charge is 0.415 e. The number of aromatic amines is 2. The van der Waals surface area contributed by atoms with Gasteiger partial charge in [0.15, 0.2) is 5.82 Å². The van der Waals surface area contributed by atoms with Gasteiger partial charge in [-0.25, -0.2) is 4.79 Å². The van der Waals surface area contributed by atoms with Crippen LogP contribution in [0.15, 0.2) is 83.4 Å². The minimum Gasteiger partial charge on any atom is -0.419 e. The number of H-pyrrole nitrogens is 2. The van der Waals surface area contributed by atoms with Crippen molar-refractivity contribution in [1.82, 2.24) is 20.5 Å². The molecule has 0 spiro atoms. The highest BCUT2D eigenvalue weighted by molar-refractivity contribution is 6.13. The normalized spacial score (nSPS) is 11.2. The molecule has 0 aliphatic carbocycles. The second-order valence-electron chi connectivity index (χ2n) is 8.92. The van der Waals surface area contributed by atoms with Crippen LogP contribution < -0.4 is 20.7 Å². The molecule has 5 aromatic rings. The third kappa shape index (κ3) is 5.12. The summed E-state index contributed by atoms with van der Waals surface area (Å²) in [6.45, 7) is 3.71. The minimum absolute atomic E-state index is 0.0795. The molecule has 3 aromatic heterocycles. The van der Waals surface area contributed by atoms with Gasteiger partial charge in [0.1, 0.15) is 11.2 Å². The molecular weight excluding hydrogens is 488 g/mol. The Hall–Kier alpha value is -5.32. The fraction of sp³-hybridized carbons (Fsp3) is 0.111. The van der Waals surface area contributed by atoms with E-state index in [9.17, 15) is 14.4 Å². The van der Waals surface area contributed by atoms with Crippen LogP contribution in [0, 0.1) is 0 Å². The molecule has 0 saturated carbocycles. The highest BCUT2D eigenvalue weighted by atomic mass is 16.6. The van der Waals surface area contributed by atoms with Crippen molar-refractivity contribution in [3.05, 3.63) is 95.8 Å². The first-order valence-corrected chi connectivity index (χ1v) is 11.7. The zero-order chi connectivity index (χ0) is 26.7. The summed E-state index contributed by atoms with van der Waals surface area (Å²) >= 11 is 0. The van der Waals surface area contributed by atoms with E-state index < -0.39 is 17.5 Å². The number of carbonyl (C=O) groups excluding carboxylic acids is 3. The van der Waals surface area contributed by atoms with Gasteiger partial charge in [-0.1, -0.05) is 42.5 Å². The maximum absolute atomic E-state index is 13.1. The average Bonchev–Trinajstić information content (AvgIpc) is 3.64. The van der Waals surface area contributed by atoms with Crippen LogP contribution >= 0.6 is 0 Å². The van der Waals surface area contributed by atoms with Gasteiger partial charge >= 0.3 is 6.09 Å². The van der Waals surface area contributed by atoms with Gasteiger partial charge in [0, 0.05) is 12.3 Å². The van der Waals surface area contributed by atoms with E-state index in [2.05, 4.69) is 31.1 Å². The summed E-state index contributed by atoms with van der Waals surface area (Å²) in [6.07, 6.45) is 0.923. The van der Waals surface area contributed by atoms with E-state index >= 15 is 0 Å². The minimum atomic E-state index is -0.708. The van der Waals surface area contributed by atoms with Crippen LogP contribution in [0.5, 0.6) is 5.95 Å². The first kappa shape index (κ1) is 24.4. The number of fused-ring (bicyclic) bond motifs is 1. The fourth-order valence-electron chi connectivity index (χ4n) is 3.85. The lowest BCUT2D eigenvalue weighted by Gasteiger charge is -2.25. The summed E-state index contributed by atoms with van der Waals surface area (Å²) in [5, 5.41) is 15.0. The van der Waals surface area contributed by atoms with Gasteiger partial charge in [0.05, 0.1) is 16.8 Å². The zero-order valence-corrected chi connectivity index (χ0v) is 20.5. The number of amides is 3. The molecule has 11 heteroatoms. The molecule has 11 nitrogen and oxygen atoms in total. The molecule has 0 aliphatic rings. The molecule has 0 saturated heterocycles. The summed E-state index contributed by atoms with van der Waals surface area (Å²) in [7, 11) is 0. The number of anilines is 2. The standard InChI is InChI=1S/C27H24N6O5/c1-27(2,16-9-4-3-5-10-16)31-26(36)38-21-15-20-22(37-21)23(33-32-20)30-24(34)17-11-6-7-12-18(17)29-25(35)19-13-8-14-28-19/h3-15,28H,1-2H3,(H,29,35)(H,31,36)(H2,30,32,33,34). The van der Waals surface area contributed by atoms with E-state index in [4.69, 9.17) is 9.15 Å². The maximum Gasteiger partial charge on any atom is 0.415 e. The van der Waals surface area contributed by atoms with E-state index in [1.54, 1.807) is 42.6 Å². The molecule has 192 valence electrons. The maximum atomic E-state index is 13.1. The number of para-hydroxylation sites is 1. The van der Waals surface area contributed by atoms with Crippen molar-refractivity contribution in [1.29, 1.82) is 0 Å². The Morgan fingerprint density at radius 2 is 1.68 bits per heavy atom. The molecule has 0 aliphatic heterocycles. The molecule has 5 N–H and O–H groups in total. The number of nitrogens with zero attached hydrogens (tertiary/aromatic N) is 1. The molecule has 3 amide bonds. The summed E-state index contributed by atoms with van der Waals surface area (Å²) in [5.74, 6) is -0.902. The Bertz CT molecular complexity index is 1600. The van der Waals surface area contributed by atoms with Crippen molar-refractivity contribution in [3.63, 3.8) is 0 Å².